The van der Waals surface area contributed by atoms with Crippen LogP contribution in [0.2, 0.25) is 0 Å². The number of anilines is 1. The van der Waals surface area contributed by atoms with E-state index in [0.717, 1.165) is 13.1 Å². The molecule has 2 atom stereocenters. The van der Waals surface area contributed by atoms with Gasteiger partial charge in [-0.25, -0.2) is 4.39 Å². The van der Waals surface area contributed by atoms with Crippen LogP contribution in [0, 0.1) is 11.2 Å². The molecule has 2 unspecified atom stereocenters. The van der Waals surface area contributed by atoms with Gasteiger partial charge in [0.15, 0.2) is 0 Å². The smallest absolute Gasteiger partial charge is 0.128 e. The van der Waals surface area contributed by atoms with Crippen LogP contribution < -0.4 is 5.73 Å². The fraction of sp³-hybridized carbons (Fsp3) is 0.739. The van der Waals surface area contributed by atoms with Crippen molar-refractivity contribution in [3.05, 3.63) is 29.6 Å². The molecular formula is C23H41FN2O. The molecule has 0 spiro atoms. The van der Waals surface area contributed by atoms with E-state index in [0.29, 0.717) is 35.3 Å². The normalized spacial score (nSPS) is 20.9. The van der Waals surface area contributed by atoms with Crippen molar-refractivity contribution in [1.82, 2.24) is 4.90 Å². The molecule has 0 saturated carbocycles. The van der Waals surface area contributed by atoms with Crippen LogP contribution in [0.1, 0.15) is 72.8 Å². The summed E-state index contributed by atoms with van der Waals surface area (Å²) in [7, 11) is 0. The van der Waals surface area contributed by atoms with E-state index in [1.165, 1.54) is 38.3 Å². The fourth-order valence-electron chi connectivity index (χ4n) is 4.39. The van der Waals surface area contributed by atoms with Crippen LogP contribution in [0.15, 0.2) is 18.2 Å². The monoisotopic (exact) mass is 380 g/mol. The van der Waals surface area contributed by atoms with Gasteiger partial charge in [0, 0.05) is 30.9 Å². The number of morpholine rings is 1. The highest BCUT2D eigenvalue weighted by molar-refractivity contribution is 5.46. The van der Waals surface area contributed by atoms with Crippen LogP contribution in [0.25, 0.3) is 0 Å². The summed E-state index contributed by atoms with van der Waals surface area (Å²) in [6.45, 7) is 16.8. The largest absolute Gasteiger partial charge is 0.398 e. The lowest BCUT2D eigenvalue weighted by Crippen LogP contribution is -2.49. The molecule has 0 bridgehead atoms. The molecule has 4 heteroatoms. The van der Waals surface area contributed by atoms with Gasteiger partial charge in [-0.15, -0.1) is 0 Å². The van der Waals surface area contributed by atoms with Gasteiger partial charge < -0.3 is 10.5 Å². The van der Waals surface area contributed by atoms with Gasteiger partial charge in [0.05, 0.1) is 12.2 Å². The van der Waals surface area contributed by atoms with Gasteiger partial charge in [-0.05, 0) is 50.7 Å². The molecule has 1 aromatic rings. The number of hydrogen-bond acceptors (Lipinski definition) is 3. The first-order valence-electron chi connectivity index (χ1n) is 10.6. The molecule has 1 aromatic carbocycles. The summed E-state index contributed by atoms with van der Waals surface area (Å²) in [6, 6.07) is 4.75. The summed E-state index contributed by atoms with van der Waals surface area (Å²) in [6.07, 6.45) is 6.73. The van der Waals surface area contributed by atoms with Gasteiger partial charge in [0.25, 0.3) is 0 Å². The molecule has 0 radical (unpaired) electrons. The summed E-state index contributed by atoms with van der Waals surface area (Å²) in [5.74, 6) is -0.206. The van der Waals surface area contributed by atoms with Crippen LogP contribution in [-0.4, -0.2) is 36.7 Å². The van der Waals surface area contributed by atoms with Crippen LogP contribution in [0.3, 0.4) is 0 Å². The number of ether oxygens (including phenoxy) is 1. The zero-order chi connectivity index (χ0) is 20.4. The SMILES string of the molecule is CCCC(C)(CCC)CN1CC(C)OC(C)C1.CCc1c(N)cccc1F. The van der Waals surface area contributed by atoms with E-state index in [4.69, 9.17) is 10.5 Å². The molecule has 0 aromatic heterocycles. The number of nitrogen functional groups attached to an aromatic ring is 1. The minimum Gasteiger partial charge on any atom is -0.398 e. The van der Waals surface area contributed by atoms with Crippen molar-refractivity contribution in [3.8, 4) is 0 Å². The van der Waals surface area contributed by atoms with Gasteiger partial charge in [-0.3, -0.25) is 4.90 Å². The van der Waals surface area contributed by atoms with Gasteiger partial charge in [0.2, 0.25) is 0 Å². The Morgan fingerprint density at radius 2 is 1.67 bits per heavy atom. The Kier molecular flexibility index (Phi) is 10.3. The van der Waals surface area contributed by atoms with Crippen molar-refractivity contribution in [2.75, 3.05) is 25.4 Å². The Morgan fingerprint density at radius 1 is 1.11 bits per heavy atom. The molecule has 1 aliphatic rings. The number of rotatable bonds is 7. The molecule has 2 rings (SSSR count). The molecule has 27 heavy (non-hydrogen) atoms. The predicted octanol–water partition coefficient (Wildman–Crippen LogP) is 5.67. The molecule has 0 amide bonds. The van der Waals surface area contributed by atoms with Crippen molar-refractivity contribution in [3.63, 3.8) is 0 Å². The van der Waals surface area contributed by atoms with Gasteiger partial charge in [-0.2, -0.15) is 0 Å². The average molecular weight is 381 g/mol. The number of nitrogens with two attached hydrogens (primary N) is 1. The molecule has 3 nitrogen and oxygen atoms in total. The predicted molar refractivity (Wildman–Crippen MR) is 115 cm³/mol. The molecule has 1 aliphatic heterocycles. The lowest BCUT2D eigenvalue weighted by atomic mass is 9.80. The van der Waals surface area contributed by atoms with Crippen molar-refractivity contribution < 1.29 is 9.13 Å². The molecule has 1 saturated heterocycles. The summed E-state index contributed by atoms with van der Waals surface area (Å²) in [5.41, 5.74) is 7.15. The Balaban J connectivity index is 0.000000309. The number of hydrogen-bond donors (Lipinski definition) is 1. The molecular weight excluding hydrogens is 339 g/mol. The number of benzene rings is 1. The fourth-order valence-corrected chi connectivity index (χ4v) is 4.39. The highest BCUT2D eigenvalue weighted by Crippen LogP contribution is 2.31. The third kappa shape index (κ3) is 8.18. The topological polar surface area (TPSA) is 38.5 Å². The summed E-state index contributed by atoms with van der Waals surface area (Å²) >= 11 is 0. The third-order valence-electron chi connectivity index (χ3n) is 5.32. The Hall–Kier alpha value is -1.13. The quantitative estimate of drug-likeness (QED) is 0.619. The van der Waals surface area contributed by atoms with E-state index in [1.54, 1.807) is 12.1 Å². The molecule has 1 heterocycles. The first-order valence-corrected chi connectivity index (χ1v) is 10.6. The average Bonchev–Trinajstić information content (AvgIpc) is 2.55. The van der Waals surface area contributed by atoms with Crippen molar-refractivity contribution >= 4 is 5.69 Å². The van der Waals surface area contributed by atoms with E-state index < -0.39 is 0 Å². The summed E-state index contributed by atoms with van der Waals surface area (Å²) in [4.78, 5) is 2.62. The maximum Gasteiger partial charge on any atom is 0.128 e. The van der Waals surface area contributed by atoms with E-state index >= 15 is 0 Å². The number of nitrogens with zero attached hydrogens (tertiary/aromatic N) is 1. The molecule has 156 valence electrons. The van der Waals surface area contributed by atoms with Gasteiger partial charge >= 0.3 is 0 Å². The lowest BCUT2D eigenvalue weighted by molar-refractivity contribution is -0.0778. The molecule has 0 aliphatic carbocycles. The zero-order valence-corrected chi connectivity index (χ0v) is 18.4. The third-order valence-corrected chi connectivity index (χ3v) is 5.32. The summed E-state index contributed by atoms with van der Waals surface area (Å²) < 4.78 is 18.6. The molecule has 1 fully saturated rings. The maximum absolute atomic E-state index is 12.8. The van der Waals surface area contributed by atoms with Crippen LogP contribution in [0.5, 0.6) is 0 Å². The van der Waals surface area contributed by atoms with Gasteiger partial charge in [0.1, 0.15) is 5.82 Å². The lowest BCUT2D eigenvalue weighted by Gasteiger charge is -2.41. The summed E-state index contributed by atoms with van der Waals surface area (Å²) in [5, 5.41) is 0. The Bertz CT molecular complexity index is 513. The van der Waals surface area contributed by atoms with Crippen molar-refractivity contribution in [2.24, 2.45) is 5.41 Å². The first kappa shape index (κ1) is 23.9. The van der Waals surface area contributed by atoms with E-state index in [9.17, 15) is 4.39 Å². The standard InChI is InChI=1S/C15H31NO.C8H10FN/c1-6-8-15(5,9-7-2)12-16-10-13(3)17-14(4)11-16;1-2-6-7(9)4-3-5-8(6)10/h13-14H,6-12H2,1-5H3;3-5H,2,10H2,1H3. The Labute approximate surface area is 166 Å². The Morgan fingerprint density at radius 3 is 2.07 bits per heavy atom. The second-order valence-electron chi connectivity index (χ2n) is 8.42. The van der Waals surface area contributed by atoms with E-state index in [2.05, 4.69) is 39.5 Å². The second kappa shape index (κ2) is 11.7. The van der Waals surface area contributed by atoms with E-state index in [-0.39, 0.29) is 5.82 Å². The molecule has 2 N–H and O–H groups in total. The highest BCUT2D eigenvalue weighted by Gasteiger charge is 2.29. The minimum atomic E-state index is -0.206. The van der Waals surface area contributed by atoms with Crippen molar-refractivity contribution in [2.45, 2.75) is 85.9 Å². The van der Waals surface area contributed by atoms with Gasteiger partial charge in [-0.1, -0.05) is 46.6 Å². The van der Waals surface area contributed by atoms with E-state index in [1.807, 2.05) is 6.92 Å². The second-order valence-corrected chi connectivity index (χ2v) is 8.42. The van der Waals surface area contributed by atoms with Crippen molar-refractivity contribution in [1.29, 1.82) is 0 Å². The minimum absolute atomic E-state index is 0.206. The highest BCUT2D eigenvalue weighted by atomic mass is 19.1. The van der Waals surface area contributed by atoms with Crippen LogP contribution in [0.4, 0.5) is 10.1 Å². The van der Waals surface area contributed by atoms with Crippen LogP contribution in [-0.2, 0) is 11.2 Å². The zero-order valence-electron chi connectivity index (χ0n) is 18.4. The number of halogens is 1. The van der Waals surface area contributed by atoms with Crippen LogP contribution >= 0.6 is 0 Å². The maximum atomic E-state index is 12.8. The first-order chi connectivity index (χ1) is 12.7.